The molecule has 17 heavy (non-hydrogen) atoms. The molecule has 1 saturated carbocycles. The van der Waals surface area contributed by atoms with Gasteiger partial charge in [-0.25, -0.2) is 4.98 Å². The van der Waals surface area contributed by atoms with Gasteiger partial charge in [0.1, 0.15) is 5.15 Å². The van der Waals surface area contributed by atoms with Gasteiger partial charge in [-0.1, -0.05) is 17.7 Å². The number of halogens is 1. The molecule has 1 aromatic heterocycles. The first kappa shape index (κ1) is 12.0. The fourth-order valence-electron chi connectivity index (χ4n) is 1.50. The van der Waals surface area contributed by atoms with Crippen LogP contribution < -0.4 is 0 Å². The minimum Gasteiger partial charge on any atom is -0.284 e. The maximum absolute atomic E-state index is 10.5. The molecule has 0 atom stereocenters. The fourth-order valence-corrected chi connectivity index (χ4v) is 1.61. The van der Waals surface area contributed by atoms with Crippen molar-refractivity contribution < 1.29 is 4.92 Å². The predicted octanol–water partition coefficient (Wildman–Crippen LogP) is 2.16. The third-order valence-electron chi connectivity index (χ3n) is 2.42. The lowest BCUT2D eigenvalue weighted by Gasteiger charge is -2.02. The minimum atomic E-state index is -0.343. The van der Waals surface area contributed by atoms with Gasteiger partial charge in [0.2, 0.25) is 6.54 Å². The number of pyridine rings is 1. The number of aromatic nitrogens is 1. The standard InChI is InChI=1S/C11H12ClN3O2/c12-11-4-1-8(6-13-11)5-10(7-15(16)17)14-9-2-3-9/h1,4,6,9H,2-3,5,7H2. The first-order chi connectivity index (χ1) is 8.13. The van der Waals surface area contributed by atoms with Crippen LogP contribution in [0.1, 0.15) is 18.4 Å². The molecule has 0 bridgehead atoms. The van der Waals surface area contributed by atoms with Gasteiger partial charge < -0.3 is 0 Å². The van der Waals surface area contributed by atoms with Gasteiger partial charge in [-0.3, -0.25) is 15.1 Å². The van der Waals surface area contributed by atoms with E-state index in [1.54, 1.807) is 12.3 Å². The van der Waals surface area contributed by atoms with E-state index in [-0.39, 0.29) is 11.5 Å². The summed E-state index contributed by atoms with van der Waals surface area (Å²) >= 11 is 5.68. The van der Waals surface area contributed by atoms with Gasteiger partial charge in [-0.15, -0.1) is 0 Å². The lowest BCUT2D eigenvalue weighted by molar-refractivity contribution is -0.463. The van der Waals surface area contributed by atoms with Crippen LogP contribution in [0.4, 0.5) is 0 Å². The molecule has 1 aromatic rings. The lowest BCUT2D eigenvalue weighted by Crippen LogP contribution is -2.17. The van der Waals surface area contributed by atoms with Crippen molar-refractivity contribution in [1.29, 1.82) is 0 Å². The third-order valence-corrected chi connectivity index (χ3v) is 2.64. The van der Waals surface area contributed by atoms with Crippen LogP contribution in [0.25, 0.3) is 0 Å². The van der Waals surface area contributed by atoms with Gasteiger partial charge in [-0.05, 0) is 24.5 Å². The molecule has 0 saturated heterocycles. The Morgan fingerprint density at radius 2 is 2.35 bits per heavy atom. The van der Waals surface area contributed by atoms with Crippen LogP contribution in [0, 0.1) is 10.1 Å². The third kappa shape index (κ3) is 4.11. The Kier molecular flexibility index (Phi) is 3.68. The van der Waals surface area contributed by atoms with Gasteiger partial charge in [-0.2, -0.15) is 0 Å². The zero-order valence-corrected chi connectivity index (χ0v) is 9.93. The summed E-state index contributed by atoms with van der Waals surface area (Å²) in [4.78, 5) is 18.5. The van der Waals surface area contributed by atoms with Crippen molar-refractivity contribution >= 4 is 17.3 Å². The number of nitrogens with zero attached hydrogens (tertiary/aromatic N) is 3. The molecule has 0 unspecified atom stereocenters. The molecular weight excluding hydrogens is 242 g/mol. The van der Waals surface area contributed by atoms with E-state index in [1.807, 2.05) is 6.07 Å². The molecule has 0 aliphatic heterocycles. The van der Waals surface area contributed by atoms with Crippen molar-refractivity contribution in [3.05, 3.63) is 39.2 Å². The van der Waals surface area contributed by atoms with Gasteiger partial charge in [0.25, 0.3) is 0 Å². The van der Waals surface area contributed by atoms with E-state index < -0.39 is 0 Å². The Morgan fingerprint density at radius 1 is 1.59 bits per heavy atom. The van der Waals surface area contributed by atoms with Crippen molar-refractivity contribution in [2.75, 3.05) is 6.54 Å². The summed E-state index contributed by atoms with van der Waals surface area (Å²) in [6.07, 6.45) is 4.19. The second-order valence-corrected chi connectivity index (χ2v) is 4.47. The Bertz CT molecular complexity index is 441. The van der Waals surface area contributed by atoms with Crippen molar-refractivity contribution in [2.45, 2.75) is 25.3 Å². The zero-order valence-electron chi connectivity index (χ0n) is 9.17. The second kappa shape index (κ2) is 5.23. The first-order valence-electron chi connectivity index (χ1n) is 5.41. The van der Waals surface area contributed by atoms with Gasteiger partial charge in [0.15, 0.2) is 0 Å². The highest BCUT2D eigenvalue weighted by molar-refractivity contribution is 6.29. The topological polar surface area (TPSA) is 68.4 Å². The van der Waals surface area contributed by atoms with Crippen LogP contribution in [-0.4, -0.2) is 28.2 Å². The summed E-state index contributed by atoms with van der Waals surface area (Å²) in [6, 6.07) is 3.79. The first-order valence-corrected chi connectivity index (χ1v) is 5.79. The molecule has 1 heterocycles. The molecule has 6 heteroatoms. The van der Waals surface area contributed by atoms with Gasteiger partial charge in [0.05, 0.1) is 11.8 Å². The normalized spacial score (nSPS) is 15.9. The van der Waals surface area contributed by atoms with Gasteiger partial charge >= 0.3 is 0 Å². The van der Waals surface area contributed by atoms with Crippen LogP contribution in [0.3, 0.4) is 0 Å². The molecule has 1 fully saturated rings. The molecule has 0 radical (unpaired) electrons. The van der Waals surface area contributed by atoms with E-state index in [0.29, 0.717) is 23.3 Å². The van der Waals surface area contributed by atoms with E-state index in [0.717, 1.165) is 18.4 Å². The zero-order chi connectivity index (χ0) is 12.3. The Labute approximate surface area is 104 Å². The molecule has 0 aromatic carbocycles. The van der Waals surface area contributed by atoms with Crippen LogP contribution in [0.5, 0.6) is 0 Å². The van der Waals surface area contributed by atoms with Crippen LogP contribution >= 0.6 is 11.6 Å². The van der Waals surface area contributed by atoms with Crippen molar-refractivity contribution in [3.8, 4) is 0 Å². The number of rotatable bonds is 5. The van der Waals surface area contributed by atoms with Crippen molar-refractivity contribution in [3.63, 3.8) is 0 Å². The smallest absolute Gasteiger partial charge is 0.241 e. The van der Waals surface area contributed by atoms with Crippen LogP contribution in [0.2, 0.25) is 5.15 Å². The highest BCUT2D eigenvalue weighted by Crippen LogP contribution is 2.24. The quantitative estimate of drug-likeness (QED) is 0.349. The summed E-state index contributed by atoms with van der Waals surface area (Å²) in [5, 5.41) is 11.0. The molecule has 5 nitrogen and oxygen atoms in total. The minimum absolute atomic E-state index is 0.195. The molecule has 0 spiro atoms. The van der Waals surface area contributed by atoms with Gasteiger partial charge in [0, 0.05) is 17.5 Å². The maximum atomic E-state index is 10.5. The largest absolute Gasteiger partial charge is 0.284 e. The van der Waals surface area contributed by atoms with Crippen LogP contribution in [-0.2, 0) is 6.42 Å². The molecule has 0 N–H and O–H groups in total. The molecule has 2 rings (SSSR count). The second-order valence-electron chi connectivity index (χ2n) is 4.08. The SMILES string of the molecule is O=[N+]([O-])CC(Cc1ccc(Cl)nc1)=NC1CC1. The number of hydrogen-bond acceptors (Lipinski definition) is 4. The maximum Gasteiger partial charge on any atom is 0.241 e. The van der Waals surface area contributed by atoms with Crippen molar-refractivity contribution in [1.82, 2.24) is 4.98 Å². The predicted molar refractivity (Wildman–Crippen MR) is 65.3 cm³/mol. The average Bonchev–Trinajstić information content (AvgIpc) is 3.04. The highest BCUT2D eigenvalue weighted by Gasteiger charge is 2.22. The van der Waals surface area contributed by atoms with Crippen molar-refractivity contribution in [2.24, 2.45) is 4.99 Å². The number of nitro groups is 1. The van der Waals surface area contributed by atoms with E-state index in [2.05, 4.69) is 9.98 Å². The van der Waals surface area contributed by atoms with E-state index in [4.69, 9.17) is 11.6 Å². The van der Waals surface area contributed by atoms with E-state index >= 15 is 0 Å². The Balaban J connectivity index is 2.05. The summed E-state index contributed by atoms with van der Waals surface area (Å²) in [7, 11) is 0. The Morgan fingerprint density at radius 3 is 2.88 bits per heavy atom. The average molecular weight is 254 g/mol. The fraction of sp³-hybridized carbons (Fsp3) is 0.455. The van der Waals surface area contributed by atoms with E-state index in [1.165, 1.54) is 0 Å². The molecular formula is C11H12ClN3O2. The molecule has 1 aliphatic rings. The van der Waals surface area contributed by atoms with Crippen LogP contribution in [0.15, 0.2) is 23.3 Å². The monoisotopic (exact) mass is 253 g/mol. The molecule has 0 amide bonds. The lowest BCUT2D eigenvalue weighted by atomic mass is 10.1. The number of aliphatic imine (C=N–C) groups is 1. The molecule has 1 aliphatic carbocycles. The Hall–Kier alpha value is -1.49. The summed E-state index contributed by atoms with van der Waals surface area (Å²) in [5.41, 5.74) is 1.51. The molecule has 90 valence electrons. The highest BCUT2D eigenvalue weighted by atomic mass is 35.5. The number of hydrogen-bond donors (Lipinski definition) is 0. The summed E-state index contributed by atoms with van der Waals surface area (Å²) in [6.45, 7) is -0.195. The summed E-state index contributed by atoms with van der Waals surface area (Å²) in [5.74, 6) is 0. The summed E-state index contributed by atoms with van der Waals surface area (Å²) < 4.78 is 0. The van der Waals surface area contributed by atoms with E-state index in [9.17, 15) is 10.1 Å².